The zero-order valence-electron chi connectivity index (χ0n) is 13.0. The van der Waals surface area contributed by atoms with Gasteiger partial charge in [-0.25, -0.2) is 4.79 Å². The zero-order chi connectivity index (χ0) is 15.8. The molecule has 0 saturated heterocycles. The van der Waals surface area contributed by atoms with E-state index in [1.807, 2.05) is 38.1 Å². The van der Waals surface area contributed by atoms with Crippen LogP contribution >= 0.6 is 0 Å². The molecule has 1 N–H and O–H groups in total. The van der Waals surface area contributed by atoms with Crippen LogP contribution in [0.15, 0.2) is 42.9 Å². The second-order valence-electron chi connectivity index (χ2n) is 5.05. The molecule has 2 aromatic rings. The maximum Gasteiger partial charge on any atom is 0.407 e. The minimum absolute atomic E-state index is 0.315. The lowest BCUT2D eigenvalue weighted by Gasteiger charge is -2.17. The summed E-state index contributed by atoms with van der Waals surface area (Å²) >= 11 is 0. The van der Waals surface area contributed by atoms with Crippen LogP contribution in [0.4, 0.5) is 4.79 Å². The van der Waals surface area contributed by atoms with Gasteiger partial charge in [0.25, 0.3) is 0 Å². The maximum absolute atomic E-state index is 11.7. The highest BCUT2D eigenvalue weighted by Gasteiger charge is 2.15. The molecule has 0 spiro atoms. The lowest BCUT2D eigenvalue weighted by atomic mass is 9.99. The van der Waals surface area contributed by atoms with Gasteiger partial charge in [0, 0.05) is 31.6 Å². The Bertz CT molecular complexity index is 602. The molecule has 1 aromatic heterocycles. The molecule has 116 valence electrons. The normalized spacial score (nSPS) is 11.7. The summed E-state index contributed by atoms with van der Waals surface area (Å²) in [5, 5.41) is 2.72. The van der Waals surface area contributed by atoms with Crippen molar-refractivity contribution in [1.82, 2.24) is 15.3 Å². The van der Waals surface area contributed by atoms with Gasteiger partial charge in [0.1, 0.15) is 6.10 Å². The van der Waals surface area contributed by atoms with E-state index in [1.165, 1.54) is 0 Å². The van der Waals surface area contributed by atoms with Gasteiger partial charge in [-0.3, -0.25) is 9.97 Å². The molecule has 5 heteroatoms. The third-order valence-corrected chi connectivity index (χ3v) is 3.28. The quantitative estimate of drug-likeness (QED) is 0.889. The van der Waals surface area contributed by atoms with Gasteiger partial charge in [-0.2, -0.15) is 0 Å². The molecule has 5 nitrogen and oxygen atoms in total. The number of hydrogen-bond donors (Lipinski definition) is 1. The molecule has 0 aliphatic carbocycles. The maximum atomic E-state index is 11.7. The van der Waals surface area contributed by atoms with Crippen molar-refractivity contribution < 1.29 is 9.53 Å². The summed E-state index contributed by atoms with van der Waals surface area (Å²) < 4.78 is 5.43. The number of alkyl carbamates (subject to hydrolysis) is 1. The van der Waals surface area contributed by atoms with Crippen molar-refractivity contribution in [3.05, 3.63) is 59.7 Å². The van der Waals surface area contributed by atoms with Crippen LogP contribution in [0.2, 0.25) is 0 Å². The fraction of sp³-hybridized carbons (Fsp3) is 0.353. The first-order valence-electron chi connectivity index (χ1n) is 7.48. The molecule has 0 aliphatic rings. The van der Waals surface area contributed by atoms with Crippen molar-refractivity contribution >= 4 is 6.09 Å². The Kier molecular flexibility index (Phi) is 5.89. The number of benzene rings is 1. The molecule has 22 heavy (non-hydrogen) atoms. The van der Waals surface area contributed by atoms with Crippen LogP contribution in [-0.2, 0) is 11.2 Å². The van der Waals surface area contributed by atoms with Gasteiger partial charge in [-0.05, 0) is 24.5 Å². The van der Waals surface area contributed by atoms with E-state index in [4.69, 9.17) is 4.74 Å². The van der Waals surface area contributed by atoms with Gasteiger partial charge in [0.15, 0.2) is 0 Å². The Hall–Kier alpha value is -2.43. The predicted molar refractivity (Wildman–Crippen MR) is 84.5 cm³/mol. The third-order valence-electron chi connectivity index (χ3n) is 3.28. The molecule has 0 aliphatic heterocycles. The summed E-state index contributed by atoms with van der Waals surface area (Å²) in [5.41, 5.74) is 2.95. The van der Waals surface area contributed by atoms with Crippen molar-refractivity contribution in [3.63, 3.8) is 0 Å². The van der Waals surface area contributed by atoms with Crippen molar-refractivity contribution in [3.8, 4) is 0 Å². The van der Waals surface area contributed by atoms with Crippen molar-refractivity contribution in [2.75, 3.05) is 6.54 Å². The fourth-order valence-electron chi connectivity index (χ4n) is 2.20. The Morgan fingerprint density at radius 3 is 2.86 bits per heavy atom. The van der Waals surface area contributed by atoms with E-state index in [1.54, 1.807) is 18.6 Å². The molecule has 1 aromatic carbocycles. The first-order chi connectivity index (χ1) is 10.7. The Balaban J connectivity index is 2.09. The second kappa shape index (κ2) is 8.12. The van der Waals surface area contributed by atoms with E-state index >= 15 is 0 Å². The predicted octanol–water partition coefficient (Wildman–Crippen LogP) is 3.26. The van der Waals surface area contributed by atoms with Crippen LogP contribution in [-0.4, -0.2) is 22.6 Å². The topological polar surface area (TPSA) is 64.1 Å². The van der Waals surface area contributed by atoms with Gasteiger partial charge in [-0.15, -0.1) is 0 Å². The summed E-state index contributed by atoms with van der Waals surface area (Å²) in [5.74, 6) is 0. The van der Waals surface area contributed by atoms with Gasteiger partial charge in [-0.1, -0.05) is 31.2 Å². The largest absolute Gasteiger partial charge is 0.442 e. The van der Waals surface area contributed by atoms with Gasteiger partial charge in [0.05, 0.1) is 5.69 Å². The van der Waals surface area contributed by atoms with Crippen LogP contribution in [0, 0.1) is 0 Å². The van der Waals surface area contributed by atoms with Crippen LogP contribution in [0.5, 0.6) is 0 Å². The molecule has 0 fully saturated rings. The first kappa shape index (κ1) is 15.9. The first-order valence-corrected chi connectivity index (χ1v) is 7.48. The summed E-state index contributed by atoms with van der Waals surface area (Å²) in [6.45, 7) is 4.49. The third kappa shape index (κ3) is 4.55. The average Bonchev–Trinajstić information content (AvgIpc) is 2.54. The number of nitrogens with zero attached hydrogens (tertiary/aromatic N) is 2. The van der Waals surface area contributed by atoms with E-state index in [0.717, 1.165) is 23.2 Å². The zero-order valence-corrected chi connectivity index (χ0v) is 13.0. The number of carbonyl (C=O) groups is 1. The standard InChI is InChI=1S/C17H21N3O2/c1-3-8-20-17(21)22-13(2)16-7-5-4-6-14(16)11-15-12-18-9-10-19-15/h4-7,9-10,12-13H,3,8,11H2,1-2H3,(H,20,21). The molecule has 1 atom stereocenters. The minimum atomic E-state index is -0.386. The van der Waals surface area contributed by atoms with E-state index in [0.29, 0.717) is 13.0 Å². The molecule has 1 unspecified atom stereocenters. The van der Waals surface area contributed by atoms with Crippen molar-refractivity contribution in [2.45, 2.75) is 32.8 Å². The van der Waals surface area contributed by atoms with Gasteiger partial charge >= 0.3 is 6.09 Å². The number of aromatic nitrogens is 2. The molecule has 1 heterocycles. The highest BCUT2D eigenvalue weighted by Crippen LogP contribution is 2.23. The van der Waals surface area contributed by atoms with Crippen LogP contribution in [0.25, 0.3) is 0 Å². The number of ether oxygens (including phenoxy) is 1. The lowest BCUT2D eigenvalue weighted by molar-refractivity contribution is 0.107. The summed E-state index contributed by atoms with van der Waals surface area (Å²) in [6.07, 6.45) is 5.92. The monoisotopic (exact) mass is 299 g/mol. The molecule has 0 radical (unpaired) electrons. The summed E-state index contributed by atoms with van der Waals surface area (Å²) in [4.78, 5) is 20.1. The molecular formula is C17H21N3O2. The van der Waals surface area contributed by atoms with E-state index in [9.17, 15) is 4.79 Å². The molecule has 0 bridgehead atoms. The summed E-state index contributed by atoms with van der Waals surface area (Å²) in [6, 6.07) is 7.91. The lowest BCUT2D eigenvalue weighted by Crippen LogP contribution is -2.26. The SMILES string of the molecule is CCCNC(=O)OC(C)c1ccccc1Cc1cnccn1. The Labute approximate surface area is 130 Å². The van der Waals surface area contributed by atoms with Crippen LogP contribution < -0.4 is 5.32 Å². The van der Waals surface area contributed by atoms with Gasteiger partial charge < -0.3 is 10.1 Å². The number of amides is 1. The highest BCUT2D eigenvalue weighted by molar-refractivity contribution is 5.67. The number of hydrogen-bond acceptors (Lipinski definition) is 4. The highest BCUT2D eigenvalue weighted by atomic mass is 16.6. The fourth-order valence-corrected chi connectivity index (χ4v) is 2.20. The number of nitrogens with one attached hydrogen (secondary N) is 1. The molecule has 2 rings (SSSR count). The number of rotatable bonds is 6. The molecule has 1 amide bonds. The molecule has 0 saturated carbocycles. The Morgan fingerprint density at radius 1 is 1.32 bits per heavy atom. The summed E-state index contributed by atoms with van der Waals surface area (Å²) in [7, 11) is 0. The Morgan fingerprint density at radius 2 is 2.14 bits per heavy atom. The van der Waals surface area contributed by atoms with Crippen molar-refractivity contribution in [1.29, 1.82) is 0 Å². The van der Waals surface area contributed by atoms with E-state index in [2.05, 4.69) is 15.3 Å². The smallest absolute Gasteiger partial charge is 0.407 e. The van der Waals surface area contributed by atoms with E-state index in [-0.39, 0.29) is 12.2 Å². The minimum Gasteiger partial charge on any atom is -0.442 e. The van der Waals surface area contributed by atoms with E-state index < -0.39 is 0 Å². The number of carbonyl (C=O) groups excluding carboxylic acids is 1. The van der Waals surface area contributed by atoms with Crippen LogP contribution in [0.1, 0.15) is 43.2 Å². The van der Waals surface area contributed by atoms with Crippen molar-refractivity contribution in [2.24, 2.45) is 0 Å². The van der Waals surface area contributed by atoms with Crippen LogP contribution in [0.3, 0.4) is 0 Å². The average molecular weight is 299 g/mol. The molecular weight excluding hydrogens is 278 g/mol. The second-order valence-corrected chi connectivity index (χ2v) is 5.05. The van der Waals surface area contributed by atoms with Gasteiger partial charge in [0.2, 0.25) is 0 Å².